The number of hydrogen-bond acceptors (Lipinski definition) is 0. The van der Waals surface area contributed by atoms with E-state index in [1.807, 2.05) is 11.1 Å². The fourth-order valence-electron chi connectivity index (χ4n) is 3.28. The minimum atomic E-state index is 0.516. The zero-order valence-electron chi connectivity index (χ0n) is 10.2. The molecule has 2 aliphatic carbocycles. The highest BCUT2D eigenvalue weighted by molar-refractivity contribution is 5.27. The van der Waals surface area contributed by atoms with Gasteiger partial charge in [-0.2, -0.15) is 0 Å². The Morgan fingerprint density at radius 1 is 1.07 bits per heavy atom. The van der Waals surface area contributed by atoms with E-state index >= 15 is 0 Å². The monoisotopic (exact) mass is 192 g/mol. The molecular weight excluding hydrogens is 168 g/mol. The van der Waals surface area contributed by atoms with E-state index in [0.29, 0.717) is 5.41 Å². The average molecular weight is 192 g/mol. The Hall–Kier alpha value is -0.260. The first kappa shape index (κ1) is 10.3. The van der Waals surface area contributed by atoms with Crippen LogP contribution >= 0.6 is 0 Å². The summed E-state index contributed by atoms with van der Waals surface area (Å²) in [6.45, 7) is 9.75. The second kappa shape index (κ2) is 3.40. The van der Waals surface area contributed by atoms with Crippen molar-refractivity contribution >= 4 is 0 Å². The molecule has 0 spiro atoms. The number of allylic oxidation sites excluding steroid dienone is 2. The third-order valence-electron chi connectivity index (χ3n) is 4.59. The van der Waals surface area contributed by atoms with Crippen LogP contribution in [0.5, 0.6) is 0 Å². The molecule has 0 amide bonds. The second-order valence-electron chi connectivity index (χ2n) is 6.18. The summed E-state index contributed by atoms with van der Waals surface area (Å²) in [5.41, 5.74) is 4.17. The molecule has 0 unspecified atom stereocenters. The Bertz CT molecular complexity index is 257. The van der Waals surface area contributed by atoms with Gasteiger partial charge in [0.05, 0.1) is 0 Å². The lowest BCUT2D eigenvalue weighted by atomic mass is 9.64. The van der Waals surface area contributed by atoms with Crippen molar-refractivity contribution in [2.45, 2.75) is 59.8 Å². The van der Waals surface area contributed by atoms with Gasteiger partial charge in [-0.05, 0) is 49.4 Å². The summed E-state index contributed by atoms with van der Waals surface area (Å²) >= 11 is 0. The van der Waals surface area contributed by atoms with Crippen LogP contribution in [0.15, 0.2) is 11.1 Å². The number of hydrogen-bond donors (Lipinski definition) is 0. The van der Waals surface area contributed by atoms with E-state index < -0.39 is 0 Å². The standard InChI is InChI=1S/C14H24/c1-10-8-12-6-5-7-14(3,4)13(12)9-11(10)2/h10-11H,5-9H2,1-4H3/t10-,11-/m1/s1. The Morgan fingerprint density at radius 3 is 2.43 bits per heavy atom. The second-order valence-corrected chi connectivity index (χ2v) is 6.18. The molecule has 0 aromatic rings. The predicted molar refractivity (Wildman–Crippen MR) is 62.2 cm³/mol. The zero-order chi connectivity index (χ0) is 10.3. The molecule has 0 aliphatic heterocycles. The van der Waals surface area contributed by atoms with Gasteiger partial charge >= 0.3 is 0 Å². The summed E-state index contributed by atoms with van der Waals surface area (Å²) in [5.74, 6) is 1.83. The molecule has 80 valence electrons. The van der Waals surface area contributed by atoms with Gasteiger partial charge < -0.3 is 0 Å². The Morgan fingerprint density at radius 2 is 1.71 bits per heavy atom. The first-order valence-corrected chi connectivity index (χ1v) is 6.22. The molecule has 0 saturated carbocycles. The lowest BCUT2D eigenvalue weighted by molar-refractivity contribution is 0.269. The van der Waals surface area contributed by atoms with Crippen molar-refractivity contribution in [2.75, 3.05) is 0 Å². The lowest BCUT2D eigenvalue weighted by Gasteiger charge is -2.42. The van der Waals surface area contributed by atoms with Crippen LogP contribution in [-0.4, -0.2) is 0 Å². The van der Waals surface area contributed by atoms with Crippen molar-refractivity contribution in [2.24, 2.45) is 17.3 Å². The van der Waals surface area contributed by atoms with E-state index in [4.69, 9.17) is 0 Å². The fraction of sp³-hybridized carbons (Fsp3) is 0.857. The quantitative estimate of drug-likeness (QED) is 0.494. The fourth-order valence-corrected chi connectivity index (χ4v) is 3.28. The van der Waals surface area contributed by atoms with Gasteiger partial charge in [0, 0.05) is 0 Å². The maximum Gasteiger partial charge on any atom is -0.0142 e. The molecule has 0 heterocycles. The van der Waals surface area contributed by atoms with Crippen LogP contribution in [0.2, 0.25) is 0 Å². The third kappa shape index (κ3) is 1.64. The summed E-state index contributed by atoms with van der Waals surface area (Å²) in [4.78, 5) is 0. The highest BCUT2D eigenvalue weighted by Gasteiger charge is 2.34. The van der Waals surface area contributed by atoms with E-state index in [1.54, 1.807) is 0 Å². The van der Waals surface area contributed by atoms with Gasteiger partial charge in [0.2, 0.25) is 0 Å². The van der Waals surface area contributed by atoms with E-state index in [1.165, 1.54) is 32.1 Å². The molecule has 0 aromatic carbocycles. The van der Waals surface area contributed by atoms with Gasteiger partial charge in [0.15, 0.2) is 0 Å². The van der Waals surface area contributed by atoms with Crippen molar-refractivity contribution in [3.05, 3.63) is 11.1 Å². The lowest BCUT2D eigenvalue weighted by Crippen LogP contribution is -2.28. The molecule has 2 rings (SSSR count). The molecule has 14 heavy (non-hydrogen) atoms. The number of rotatable bonds is 0. The molecule has 0 nitrogen and oxygen atoms in total. The Balaban J connectivity index is 2.30. The summed E-state index contributed by atoms with van der Waals surface area (Å²) in [6.07, 6.45) is 7.00. The van der Waals surface area contributed by atoms with Crippen molar-refractivity contribution in [1.82, 2.24) is 0 Å². The normalized spacial score (nSPS) is 36.9. The van der Waals surface area contributed by atoms with Crippen LogP contribution in [0.3, 0.4) is 0 Å². The first-order chi connectivity index (χ1) is 6.50. The molecule has 0 heteroatoms. The smallest absolute Gasteiger partial charge is 0.0142 e. The first-order valence-electron chi connectivity index (χ1n) is 6.22. The summed E-state index contributed by atoms with van der Waals surface area (Å²) in [6, 6.07) is 0. The highest BCUT2D eigenvalue weighted by Crippen LogP contribution is 2.49. The maximum atomic E-state index is 2.45. The summed E-state index contributed by atoms with van der Waals surface area (Å²) in [7, 11) is 0. The molecule has 0 N–H and O–H groups in total. The molecule has 0 bridgehead atoms. The molecule has 0 fully saturated rings. The van der Waals surface area contributed by atoms with Crippen LogP contribution in [0.1, 0.15) is 59.8 Å². The van der Waals surface area contributed by atoms with E-state index in [9.17, 15) is 0 Å². The van der Waals surface area contributed by atoms with Crippen molar-refractivity contribution in [3.63, 3.8) is 0 Å². The van der Waals surface area contributed by atoms with Crippen LogP contribution < -0.4 is 0 Å². The minimum Gasteiger partial charge on any atom is -0.0702 e. The van der Waals surface area contributed by atoms with Crippen molar-refractivity contribution in [3.8, 4) is 0 Å². The maximum absolute atomic E-state index is 2.45. The topological polar surface area (TPSA) is 0 Å². The van der Waals surface area contributed by atoms with Gasteiger partial charge in [0.1, 0.15) is 0 Å². The Labute approximate surface area is 88.8 Å². The van der Waals surface area contributed by atoms with Crippen LogP contribution in [-0.2, 0) is 0 Å². The summed E-state index contributed by atoms with van der Waals surface area (Å²) in [5, 5.41) is 0. The zero-order valence-corrected chi connectivity index (χ0v) is 10.2. The molecule has 2 aliphatic rings. The highest BCUT2D eigenvalue weighted by atomic mass is 14.4. The third-order valence-corrected chi connectivity index (χ3v) is 4.59. The Kier molecular flexibility index (Phi) is 2.49. The minimum absolute atomic E-state index is 0.516. The average Bonchev–Trinajstić information content (AvgIpc) is 2.08. The summed E-state index contributed by atoms with van der Waals surface area (Å²) < 4.78 is 0. The molecule has 0 saturated heterocycles. The molecule has 0 radical (unpaired) electrons. The van der Waals surface area contributed by atoms with Gasteiger partial charge in [-0.1, -0.05) is 38.8 Å². The largest absolute Gasteiger partial charge is 0.0702 e. The van der Waals surface area contributed by atoms with Crippen molar-refractivity contribution < 1.29 is 0 Å². The molecule has 0 aromatic heterocycles. The van der Waals surface area contributed by atoms with Gasteiger partial charge in [-0.15, -0.1) is 0 Å². The van der Waals surface area contributed by atoms with E-state index in [-0.39, 0.29) is 0 Å². The molecular formula is C14H24. The van der Waals surface area contributed by atoms with Gasteiger partial charge in [0.25, 0.3) is 0 Å². The SMILES string of the molecule is C[C@@H]1CC2=C(C[C@H]1C)C(C)(C)CCC2. The van der Waals surface area contributed by atoms with Gasteiger partial charge in [-0.3, -0.25) is 0 Å². The van der Waals surface area contributed by atoms with Crippen molar-refractivity contribution in [1.29, 1.82) is 0 Å². The predicted octanol–water partition coefficient (Wildman–Crippen LogP) is 4.56. The van der Waals surface area contributed by atoms with Crippen LogP contribution in [0.25, 0.3) is 0 Å². The van der Waals surface area contributed by atoms with E-state index in [2.05, 4.69) is 27.7 Å². The van der Waals surface area contributed by atoms with Crippen LogP contribution in [0.4, 0.5) is 0 Å². The van der Waals surface area contributed by atoms with Gasteiger partial charge in [-0.25, -0.2) is 0 Å². The molecule has 2 atom stereocenters. The van der Waals surface area contributed by atoms with E-state index in [0.717, 1.165) is 11.8 Å². The van der Waals surface area contributed by atoms with Crippen LogP contribution in [0, 0.1) is 17.3 Å².